The maximum absolute atomic E-state index is 5.91. The lowest BCUT2D eigenvalue weighted by Gasteiger charge is -2.37. The van der Waals surface area contributed by atoms with Crippen LogP contribution in [0, 0.1) is 0 Å². The Labute approximate surface area is 97.9 Å². The van der Waals surface area contributed by atoms with Crippen molar-refractivity contribution >= 4 is 11.6 Å². The van der Waals surface area contributed by atoms with E-state index in [0.717, 1.165) is 31.7 Å². The molecule has 2 nitrogen and oxygen atoms in total. The van der Waals surface area contributed by atoms with Crippen LogP contribution in [0.4, 0.5) is 0 Å². The van der Waals surface area contributed by atoms with Gasteiger partial charge in [0.2, 0.25) is 0 Å². The summed E-state index contributed by atoms with van der Waals surface area (Å²) in [5.74, 6) is 0.757. The van der Waals surface area contributed by atoms with E-state index in [1.165, 1.54) is 38.5 Å². The third kappa shape index (κ3) is 3.08. The largest absolute Gasteiger partial charge is 0.380 e. The van der Waals surface area contributed by atoms with Crippen molar-refractivity contribution in [3.8, 4) is 0 Å². The van der Waals surface area contributed by atoms with Gasteiger partial charge in [0.15, 0.2) is 0 Å². The summed E-state index contributed by atoms with van der Waals surface area (Å²) in [6.07, 6.45) is 8.16. The molecule has 1 aliphatic heterocycles. The van der Waals surface area contributed by atoms with Crippen molar-refractivity contribution in [3.05, 3.63) is 0 Å². The highest BCUT2D eigenvalue weighted by molar-refractivity contribution is 6.18. The van der Waals surface area contributed by atoms with E-state index in [0.29, 0.717) is 6.04 Å². The van der Waals surface area contributed by atoms with Crippen LogP contribution in [0.2, 0.25) is 0 Å². The van der Waals surface area contributed by atoms with Crippen LogP contribution < -0.4 is 0 Å². The normalized spacial score (nSPS) is 28.8. The second kappa shape index (κ2) is 6.07. The molecule has 0 radical (unpaired) electrons. The van der Waals surface area contributed by atoms with Gasteiger partial charge in [0.25, 0.3) is 0 Å². The molecule has 15 heavy (non-hydrogen) atoms. The van der Waals surface area contributed by atoms with E-state index in [2.05, 4.69) is 4.90 Å². The molecule has 1 aliphatic carbocycles. The number of alkyl halides is 1. The predicted octanol–water partition coefficient (Wildman–Crippen LogP) is 2.65. The van der Waals surface area contributed by atoms with Crippen molar-refractivity contribution in [2.45, 2.75) is 50.6 Å². The van der Waals surface area contributed by atoms with Gasteiger partial charge in [-0.05, 0) is 19.3 Å². The van der Waals surface area contributed by atoms with E-state index in [4.69, 9.17) is 16.3 Å². The Morgan fingerprint density at radius 2 is 1.87 bits per heavy atom. The van der Waals surface area contributed by atoms with Crippen molar-refractivity contribution in [1.82, 2.24) is 4.90 Å². The molecule has 0 aromatic carbocycles. The summed E-state index contributed by atoms with van der Waals surface area (Å²) in [5.41, 5.74) is 0. The Bertz CT molecular complexity index is 176. The minimum Gasteiger partial charge on any atom is -0.380 e. The summed E-state index contributed by atoms with van der Waals surface area (Å²) in [6.45, 7) is 2.91. The van der Waals surface area contributed by atoms with Crippen molar-refractivity contribution in [2.24, 2.45) is 0 Å². The smallest absolute Gasteiger partial charge is 0.0622 e. The molecule has 2 rings (SSSR count). The molecular weight excluding hydrogens is 210 g/mol. The van der Waals surface area contributed by atoms with Gasteiger partial charge in [0, 0.05) is 31.1 Å². The molecule has 0 N–H and O–H groups in total. The molecule has 0 bridgehead atoms. The first-order valence-electron chi connectivity index (χ1n) is 6.31. The quantitative estimate of drug-likeness (QED) is 0.690. The first-order chi connectivity index (χ1) is 7.42. The summed E-state index contributed by atoms with van der Waals surface area (Å²) < 4.78 is 5.49. The zero-order valence-electron chi connectivity index (χ0n) is 9.46. The first-order valence-corrected chi connectivity index (χ1v) is 6.84. The average molecular weight is 232 g/mol. The summed E-state index contributed by atoms with van der Waals surface area (Å²) in [5, 5.41) is 0. The highest BCUT2D eigenvalue weighted by atomic mass is 35.5. The van der Waals surface area contributed by atoms with Gasteiger partial charge in [-0.15, -0.1) is 11.6 Å². The lowest BCUT2D eigenvalue weighted by molar-refractivity contribution is 0.0939. The van der Waals surface area contributed by atoms with Crippen LogP contribution in [0.3, 0.4) is 0 Å². The Kier molecular flexibility index (Phi) is 4.73. The molecule has 2 fully saturated rings. The predicted molar refractivity (Wildman–Crippen MR) is 63.5 cm³/mol. The SMILES string of the molecule is ClCCN(C1CCCCC1)C1CCOC1. The second-order valence-corrected chi connectivity index (χ2v) is 5.11. The van der Waals surface area contributed by atoms with Crippen LogP contribution >= 0.6 is 11.6 Å². The number of hydrogen-bond acceptors (Lipinski definition) is 2. The number of nitrogens with zero attached hydrogens (tertiary/aromatic N) is 1. The molecule has 88 valence electrons. The molecule has 3 heteroatoms. The van der Waals surface area contributed by atoms with Crippen LogP contribution in [0.1, 0.15) is 38.5 Å². The lowest BCUT2D eigenvalue weighted by atomic mass is 9.93. The number of ether oxygens (including phenoxy) is 1. The Balaban J connectivity index is 1.90. The second-order valence-electron chi connectivity index (χ2n) is 4.74. The maximum Gasteiger partial charge on any atom is 0.0622 e. The molecule has 1 heterocycles. The molecule has 1 saturated heterocycles. The fourth-order valence-electron chi connectivity index (χ4n) is 2.96. The Morgan fingerprint density at radius 3 is 2.47 bits per heavy atom. The van der Waals surface area contributed by atoms with Gasteiger partial charge in [-0.3, -0.25) is 4.90 Å². The Hall–Kier alpha value is 0.210. The number of rotatable bonds is 4. The molecule has 1 unspecified atom stereocenters. The van der Waals surface area contributed by atoms with E-state index in [1.54, 1.807) is 0 Å². The minimum absolute atomic E-state index is 0.645. The van der Waals surface area contributed by atoms with Crippen molar-refractivity contribution in [2.75, 3.05) is 25.6 Å². The fourth-order valence-corrected chi connectivity index (χ4v) is 3.15. The minimum atomic E-state index is 0.645. The standard InChI is InChI=1S/C12H22ClNO/c13-7-8-14(12-6-9-15-10-12)11-4-2-1-3-5-11/h11-12H,1-10H2. The number of hydrogen-bond donors (Lipinski definition) is 0. The lowest BCUT2D eigenvalue weighted by Crippen LogP contribution is -2.45. The number of halogens is 1. The van der Waals surface area contributed by atoms with Crippen LogP contribution in [0.15, 0.2) is 0 Å². The van der Waals surface area contributed by atoms with Crippen molar-refractivity contribution in [3.63, 3.8) is 0 Å². The maximum atomic E-state index is 5.91. The molecule has 0 amide bonds. The zero-order chi connectivity index (χ0) is 10.5. The summed E-state index contributed by atoms with van der Waals surface area (Å²) >= 11 is 5.91. The van der Waals surface area contributed by atoms with Crippen molar-refractivity contribution < 1.29 is 4.74 Å². The topological polar surface area (TPSA) is 12.5 Å². The molecule has 0 aromatic rings. The third-order valence-corrected chi connectivity index (χ3v) is 3.93. The highest BCUT2D eigenvalue weighted by Gasteiger charge is 2.29. The van der Waals surface area contributed by atoms with E-state index >= 15 is 0 Å². The molecule has 1 saturated carbocycles. The molecule has 1 atom stereocenters. The highest BCUT2D eigenvalue weighted by Crippen LogP contribution is 2.26. The van der Waals surface area contributed by atoms with Crippen LogP contribution in [-0.2, 0) is 4.74 Å². The van der Waals surface area contributed by atoms with Gasteiger partial charge in [-0.2, -0.15) is 0 Å². The Morgan fingerprint density at radius 1 is 1.07 bits per heavy atom. The van der Waals surface area contributed by atoms with Crippen LogP contribution in [0.25, 0.3) is 0 Å². The zero-order valence-corrected chi connectivity index (χ0v) is 10.2. The summed E-state index contributed by atoms with van der Waals surface area (Å²) in [4.78, 5) is 2.62. The first kappa shape index (κ1) is 11.7. The van der Waals surface area contributed by atoms with Crippen LogP contribution in [0.5, 0.6) is 0 Å². The van der Waals surface area contributed by atoms with Crippen molar-refractivity contribution in [1.29, 1.82) is 0 Å². The van der Waals surface area contributed by atoms with Crippen LogP contribution in [-0.4, -0.2) is 42.6 Å². The monoisotopic (exact) mass is 231 g/mol. The molecule has 0 aromatic heterocycles. The fraction of sp³-hybridized carbons (Fsp3) is 1.00. The molecule has 0 spiro atoms. The van der Waals surface area contributed by atoms with E-state index in [1.807, 2.05) is 0 Å². The van der Waals surface area contributed by atoms with E-state index in [9.17, 15) is 0 Å². The molecule has 2 aliphatic rings. The van der Waals surface area contributed by atoms with Gasteiger partial charge in [-0.25, -0.2) is 0 Å². The van der Waals surface area contributed by atoms with Gasteiger partial charge in [0.1, 0.15) is 0 Å². The molecular formula is C12H22ClNO. The summed E-state index contributed by atoms with van der Waals surface area (Å²) in [7, 11) is 0. The van der Waals surface area contributed by atoms with E-state index in [-0.39, 0.29) is 0 Å². The third-order valence-electron chi connectivity index (χ3n) is 3.76. The van der Waals surface area contributed by atoms with Gasteiger partial charge >= 0.3 is 0 Å². The van der Waals surface area contributed by atoms with E-state index < -0.39 is 0 Å². The summed E-state index contributed by atoms with van der Waals surface area (Å²) in [6, 6.07) is 1.43. The van der Waals surface area contributed by atoms with Gasteiger partial charge < -0.3 is 4.74 Å². The van der Waals surface area contributed by atoms with Gasteiger partial charge in [-0.1, -0.05) is 19.3 Å². The van der Waals surface area contributed by atoms with Gasteiger partial charge in [0.05, 0.1) is 6.61 Å². The average Bonchev–Trinajstić information content (AvgIpc) is 2.80.